The predicted molar refractivity (Wildman–Crippen MR) is 190 cm³/mol. The van der Waals surface area contributed by atoms with Crippen molar-refractivity contribution < 1.29 is 9.53 Å². The van der Waals surface area contributed by atoms with Crippen LogP contribution in [-0.2, 0) is 17.7 Å². The number of aldehydes is 1. The van der Waals surface area contributed by atoms with E-state index in [1.807, 2.05) is 38.3 Å². The molecule has 0 N–H and O–H groups in total. The number of aromatic nitrogens is 1. The second kappa shape index (κ2) is 25.9. The largest absolute Gasteiger partial charge is 0.502 e. The quantitative estimate of drug-likeness (QED) is 0.160. The van der Waals surface area contributed by atoms with Gasteiger partial charge in [-0.3, -0.25) is 4.79 Å². The van der Waals surface area contributed by atoms with Gasteiger partial charge in [0.2, 0.25) is 0 Å². The third-order valence-corrected chi connectivity index (χ3v) is 7.77. The highest BCUT2D eigenvalue weighted by Crippen LogP contribution is 2.28. The Morgan fingerprint density at radius 1 is 1.02 bits per heavy atom. The minimum absolute atomic E-state index is 0.750. The van der Waals surface area contributed by atoms with Crippen molar-refractivity contribution in [3.63, 3.8) is 0 Å². The van der Waals surface area contributed by atoms with Crippen molar-refractivity contribution in [2.45, 2.75) is 120 Å². The average Bonchev–Trinajstić information content (AvgIpc) is 3.30. The first-order chi connectivity index (χ1) is 20.8. The number of carbonyl (C=O) groups excluding carboxylic acids is 1. The van der Waals surface area contributed by atoms with Gasteiger partial charge in [0.25, 0.3) is 0 Å². The molecule has 3 rings (SSSR count). The van der Waals surface area contributed by atoms with Gasteiger partial charge in [-0.1, -0.05) is 98.4 Å². The number of carbonyl (C=O) groups is 1. The molecule has 0 spiro atoms. The van der Waals surface area contributed by atoms with Crippen molar-refractivity contribution in [3.8, 4) is 0 Å². The number of aryl methyl sites for hydroxylation is 1. The summed E-state index contributed by atoms with van der Waals surface area (Å²) in [6.07, 6.45) is 16.6. The molecule has 43 heavy (non-hydrogen) atoms. The van der Waals surface area contributed by atoms with Crippen molar-refractivity contribution in [1.82, 2.24) is 14.4 Å². The van der Waals surface area contributed by atoms with E-state index in [0.29, 0.717) is 0 Å². The summed E-state index contributed by atoms with van der Waals surface area (Å²) in [6, 6.07) is 6.11. The smallest absolute Gasteiger partial charge is 0.150 e. The lowest BCUT2D eigenvalue weighted by molar-refractivity contribution is 0.112. The van der Waals surface area contributed by atoms with Crippen molar-refractivity contribution in [1.29, 1.82) is 0 Å². The fraction of sp³-hybridized carbons (Fsp3) is 0.658. The van der Waals surface area contributed by atoms with Crippen LogP contribution in [0.4, 0.5) is 0 Å². The van der Waals surface area contributed by atoms with Gasteiger partial charge in [0.1, 0.15) is 6.29 Å². The van der Waals surface area contributed by atoms with Gasteiger partial charge in [0.05, 0.1) is 12.9 Å². The van der Waals surface area contributed by atoms with Gasteiger partial charge < -0.3 is 19.1 Å². The number of likely N-dealkylation sites (tertiary alicyclic amines) is 1. The van der Waals surface area contributed by atoms with Crippen molar-refractivity contribution in [2.75, 3.05) is 39.3 Å². The molecule has 0 amide bonds. The monoisotopic (exact) mass is 598 g/mol. The zero-order valence-electron chi connectivity index (χ0n) is 29.6. The molecule has 0 radical (unpaired) electrons. The second-order valence-corrected chi connectivity index (χ2v) is 11.4. The summed E-state index contributed by atoms with van der Waals surface area (Å²) in [6.45, 7) is 30.6. The predicted octanol–water partition coefficient (Wildman–Crippen LogP) is 10.1. The Morgan fingerprint density at radius 2 is 1.70 bits per heavy atom. The third kappa shape index (κ3) is 15.7. The Hall–Kier alpha value is -2.53. The van der Waals surface area contributed by atoms with Crippen LogP contribution >= 0.6 is 0 Å². The van der Waals surface area contributed by atoms with E-state index in [-0.39, 0.29) is 0 Å². The lowest BCUT2D eigenvalue weighted by Gasteiger charge is -2.33. The molecule has 1 aromatic heterocycles. The number of piperidine rings is 1. The molecule has 1 fully saturated rings. The van der Waals surface area contributed by atoms with E-state index in [0.717, 1.165) is 63.4 Å². The van der Waals surface area contributed by atoms with Gasteiger partial charge in [0.15, 0.2) is 0 Å². The summed E-state index contributed by atoms with van der Waals surface area (Å²) in [7, 11) is 0. The van der Waals surface area contributed by atoms with E-state index in [1.54, 1.807) is 6.26 Å². The molecule has 1 aliphatic heterocycles. The standard InChI is InChI=1S/C26H39N3O.C5H10O.C4H10.C3H8/c1-5-9-24-21(4)29(26-18-23(20-30)11-12-25(24)26)17-16-27(7-3)14-15-28-13-8-10-22(6-2)19-28;1-3-5-6-4-2;1-3-4-2;1-3-2/h7,11-12,18,20,22H,3,5-6,8-10,13-17,19H2,1-2,4H3;3,5H,4H2,1-2H3;3-4H2,1-2H3;3H2,1-2H3/b;5-3+;;. The average molecular weight is 598 g/mol. The molecular weight excluding hydrogens is 530 g/mol. The Kier molecular flexibility index (Phi) is 24.4. The number of allylic oxidation sites excluding steroid dienone is 1. The minimum atomic E-state index is 0.750. The molecule has 2 aromatic rings. The fourth-order valence-corrected chi connectivity index (χ4v) is 5.17. The van der Waals surface area contributed by atoms with Crippen molar-refractivity contribution in [3.05, 3.63) is 60.1 Å². The fourth-order valence-electron chi connectivity index (χ4n) is 5.17. The van der Waals surface area contributed by atoms with Crippen molar-refractivity contribution >= 4 is 17.2 Å². The molecule has 5 heteroatoms. The summed E-state index contributed by atoms with van der Waals surface area (Å²) >= 11 is 0. The topological polar surface area (TPSA) is 37.7 Å². The van der Waals surface area contributed by atoms with Crippen molar-refractivity contribution in [2.24, 2.45) is 5.92 Å². The highest BCUT2D eigenvalue weighted by Gasteiger charge is 2.19. The Balaban J connectivity index is 0.00000114. The molecule has 1 atom stereocenters. The normalized spacial score (nSPS) is 14.6. The maximum absolute atomic E-state index is 11.3. The Morgan fingerprint density at radius 3 is 2.21 bits per heavy atom. The molecule has 5 nitrogen and oxygen atoms in total. The Labute approximate surface area is 266 Å². The number of nitrogens with zero attached hydrogens (tertiary/aromatic N) is 3. The molecule has 1 saturated heterocycles. The first kappa shape index (κ1) is 40.5. The number of benzene rings is 1. The second-order valence-electron chi connectivity index (χ2n) is 11.4. The van der Waals surface area contributed by atoms with Gasteiger partial charge >= 0.3 is 0 Å². The lowest BCUT2D eigenvalue weighted by Crippen LogP contribution is -2.40. The summed E-state index contributed by atoms with van der Waals surface area (Å²) in [5, 5.41) is 1.30. The molecule has 0 saturated carbocycles. The number of fused-ring (bicyclic) bond motifs is 1. The first-order valence-corrected chi connectivity index (χ1v) is 17.2. The van der Waals surface area contributed by atoms with Crippen LogP contribution in [0.5, 0.6) is 0 Å². The first-order valence-electron chi connectivity index (χ1n) is 17.2. The summed E-state index contributed by atoms with van der Waals surface area (Å²) in [4.78, 5) is 16.3. The van der Waals surface area contributed by atoms with Crippen LogP contribution in [0.3, 0.4) is 0 Å². The van der Waals surface area contributed by atoms with Gasteiger partial charge in [0, 0.05) is 54.9 Å². The van der Waals surface area contributed by atoms with Gasteiger partial charge in [-0.2, -0.15) is 0 Å². The SMILES string of the molecule is C/C=C/OCC.C=CN(CCN1CCCC(CC)C1)CCn1c(C)c(CCC)c2ccc(C=O)cc21.CCC.CCCC. The van der Waals surface area contributed by atoms with Crippen LogP contribution < -0.4 is 0 Å². The number of hydrogen-bond donors (Lipinski definition) is 0. The maximum atomic E-state index is 11.3. The molecular formula is C38H67N3O2. The molecule has 0 aliphatic carbocycles. The van der Waals surface area contributed by atoms with Gasteiger partial charge in [-0.25, -0.2) is 0 Å². The summed E-state index contributed by atoms with van der Waals surface area (Å²) < 4.78 is 7.20. The molecule has 2 heterocycles. The van der Waals surface area contributed by atoms with E-state index < -0.39 is 0 Å². The van der Waals surface area contributed by atoms with E-state index in [2.05, 4.69) is 75.5 Å². The van der Waals surface area contributed by atoms with Crippen LogP contribution in [0.1, 0.15) is 122 Å². The summed E-state index contributed by atoms with van der Waals surface area (Å²) in [5.41, 5.74) is 4.70. The molecule has 246 valence electrons. The number of unbranched alkanes of at least 4 members (excludes halogenated alkanes) is 1. The molecule has 0 bridgehead atoms. The third-order valence-electron chi connectivity index (χ3n) is 7.77. The van der Waals surface area contributed by atoms with E-state index >= 15 is 0 Å². The zero-order chi connectivity index (χ0) is 32.5. The Bertz CT molecular complexity index is 1010. The van der Waals surface area contributed by atoms with Crippen LogP contribution in [0.2, 0.25) is 0 Å². The molecule has 1 unspecified atom stereocenters. The lowest BCUT2D eigenvalue weighted by atomic mass is 9.96. The van der Waals surface area contributed by atoms with Crippen LogP contribution in [-0.4, -0.2) is 60.0 Å². The number of rotatable bonds is 14. The number of ether oxygens (including phenoxy) is 1. The van der Waals surface area contributed by atoms with Gasteiger partial charge in [-0.15, -0.1) is 0 Å². The van der Waals surface area contributed by atoms with E-state index in [1.165, 1.54) is 73.8 Å². The highest BCUT2D eigenvalue weighted by molar-refractivity contribution is 5.90. The van der Waals surface area contributed by atoms with Crippen LogP contribution in [0, 0.1) is 12.8 Å². The minimum Gasteiger partial charge on any atom is -0.502 e. The summed E-state index contributed by atoms with van der Waals surface area (Å²) in [5.74, 6) is 0.869. The van der Waals surface area contributed by atoms with E-state index in [9.17, 15) is 4.79 Å². The zero-order valence-corrected chi connectivity index (χ0v) is 29.6. The maximum Gasteiger partial charge on any atom is 0.150 e. The van der Waals surface area contributed by atoms with Crippen LogP contribution in [0.25, 0.3) is 10.9 Å². The molecule has 1 aliphatic rings. The molecule has 1 aromatic carbocycles. The van der Waals surface area contributed by atoms with Crippen LogP contribution in [0.15, 0.2) is 43.3 Å². The number of hydrogen-bond acceptors (Lipinski definition) is 4. The highest BCUT2D eigenvalue weighted by atomic mass is 16.5. The van der Waals surface area contributed by atoms with E-state index in [4.69, 9.17) is 4.74 Å². The van der Waals surface area contributed by atoms with Gasteiger partial charge in [-0.05, 0) is 70.3 Å².